The van der Waals surface area contributed by atoms with Crippen LogP contribution in [0.15, 0.2) is 24.3 Å². The molecule has 3 N–H and O–H groups in total. The van der Waals surface area contributed by atoms with Gasteiger partial charge in [-0.3, -0.25) is 9.59 Å². The summed E-state index contributed by atoms with van der Waals surface area (Å²) in [7, 11) is 0. The molecule has 0 saturated carbocycles. The van der Waals surface area contributed by atoms with E-state index in [0.717, 1.165) is 20.3 Å². The van der Waals surface area contributed by atoms with E-state index < -0.39 is 11.9 Å². The number of carboxylic acids is 2. The second-order valence-electron chi connectivity index (χ2n) is 2.55. The zero-order valence-corrected chi connectivity index (χ0v) is 8.73. The SMILES string of the molecule is CC(=O)O.CC(=O)O.N=C1C=CC=CC1. The van der Waals surface area contributed by atoms with Crippen molar-refractivity contribution in [2.75, 3.05) is 0 Å². The Labute approximate surface area is 88.2 Å². The van der Waals surface area contributed by atoms with Gasteiger partial charge in [-0.25, -0.2) is 0 Å². The van der Waals surface area contributed by atoms with Crippen LogP contribution in [0.2, 0.25) is 0 Å². The molecule has 5 heteroatoms. The van der Waals surface area contributed by atoms with Gasteiger partial charge in [0, 0.05) is 26.0 Å². The number of hydrogen-bond donors (Lipinski definition) is 3. The van der Waals surface area contributed by atoms with Crippen molar-refractivity contribution in [3.63, 3.8) is 0 Å². The lowest BCUT2D eigenvalue weighted by Gasteiger charge is -1.92. The number of allylic oxidation sites excluding steroid dienone is 4. The third-order valence-electron chi connectivity index (χ3n) is 0.882. The van der Waals surface area contributed by atoms with Crippen LogP contribution in [-0.2, 0) is 9.59 Å². The van der Waals surface area contributed by atoms with Crippen molar-refractivity contribution in [2.24, 2.45) is 0 Å². The molecule has 0 atom stereocenters. The molecule has 15 heavy (non-hydrogen) atoms. The first-order valence-electron chi connectivity index (χ1n) is 4.16. The highest BCUT2D eigenvalue weighted by atomic mass is 16.4. The second-order valence-corrected chi connectivity index (χ2v) is 2.55. The van der Waals surface area contributed by atoms with E-state index >= 15 is 0 Å². The van der Waals surface area contributed by atoms with Gasteiger partial charge in [-0.1, -0.05) is 18.2 Å². The fourth-order valence-electron chi connectivity index (χ4n) is 0.513. The van der Waals surface area contributed by atoms with E-state index in [4.69, 9.17) is 25.2 Å². The molecule has 0 aliphatic heterocycles. The van der Waals surface area contributed by atoms with Crippen molar-refractivity contribution < 1.29 is 19.8 Å². The summed E-state index contributed by atoms with van der Waals surface area (Å²) in [4.78, 5) is 18.0. The highest BCUT2D eigenvalue weighted by Crippen LogP contribution is 1.94. The minimum atomic E-state index is -0.833. The van der Waals surface area contributed by atoms with E-state index in [0.29, 0.717) is 5.71 Å². The summed E-state index contributed by atoms with van der Waals surface area (Å²) in [5.74, 6) is -1.67. The Kier molecular flexibility index (Phi) is 10.6. The molecule has 0 aromatic heterocycles. The third kappa shape index (κ3) is 33.2. The minimum Gasteiger partial charge on any atom is -0.481 e. The topological polar surface area (TPSA) is 98.4 Å². The maximum atomic E-state index is 9.00. The maximum Gasteiger partial charge on any atom is 0.300 e. The first-order valence-corrected chi connectivity index (χ1v) is 4.16. The Morgan fingerprint density at radius 3 is 1.73 bits per heavy atom. The van der Waals surface area contributed by atoms with Gasteiger partial charge < -0.3 is 15.6 Å². The number of rotatable bonds is 0. The molecule has 0 heterocycles. The number of hydrogen-bond acceptors (Lipinski definition) is 3. The molecule has 0 unspecified atom stereocenters. The van der Waals surface area contributed by atoms with Crippen molar-refractivity contribution in [1.29, 1.82) is 5.41 Å². The zero-order valence-electron chi connectivity index (χ0n) is 8.73. The second kappa shape index (κ2) is 10.2. The number of aliphatic carboxylic acids is 2. The highest BCUT2D eigenvalue weighted by molar-refractivity contribution is 5.94. The molecule has 0 fully saturated rings. The molecule has 0 aromatic rings. The Hall–Kier alpha value is -1.91. The number of carboxylic acid groups (broad SMARTS) is 2. The first-order chi connectivity index (χ1) is 6.86. The Bertz CT molecular complexity index is 259. The summed E-state index contributed by atoms with van der Waals surface area (Å²) in [6.07, 6.45) is 8.42. The first kappa shape index (κ1) is 15.6. The van der Waals surface area contributed by atoms with Crippen molar-refractivity contribution >= 4 is 17.7 Å². The van der Waals surface area contributed by atoms with Gasteiger partial charge in [0.25, 0.3) is 11.9 Å². The van der Waals surface area contributed by atoms with Crippen LogP contribution in [0, 0.1) is 5.41 Å². The van der Waals surface area contributed by atoms with Gasteiger partial charge >= 0.3 is 0 Å². The number of nitrogens with one attached hydrogen (secondary N) is 1. The summed E-state index contributed by atoms with van der Waals surface area (Å²) in [5.41, 5.74) is 0.697. The quantitative estimate of drug-likeness (QED) is 0.570. The molecular formula is C10H15NO4. The van der Waals surface area contributed by atoms with Crippen LogP contribution in [0.25, 0.3) is 0 Å². The fourth-order valence-corrected chi connectivity index (χ4v) is 0.513. The van der Waals surface area contributed by atoms with Crippen molar-refractivity contribution in [1.82, 2.24) is 0 Å². The van der Waals surface area contributed by atoms with Crippen molar-refractivity contribution in [3.05, 3.63) is 24.3 Å². The molecule has 0 radical (unpaired) electrons. The molecule has 84 valence electrons. The lowest BCUT2D eigenvalue weighted by atomic mass is 10.2. The molecule has 1 rings (SSSR count). The molecule has 1 aliphatic carbocycles. The van der Waals surface area contributed by atoms with Gasteiger partial charge in [0.1, 0.15) is 0 Å². The molecule has 5 nitrogen and oxygen atoms in total. The molecule has 0 saturated heterocycles. The van der Waals surface area contributed by atoms with Crippen LogP contribution >= 0.6 is 0 Å². The van der Waals surface area contributed by atoms with Gasteiger partial charge in [-0.2, -0.15) is 0 Å². The van der Waals surface area contributed by atoms with Gasteiger partial charge in [0.05, 0.1) is 0 Å². The summed E-state index contributed by atoms with van der Waals surface area (Å²) in [5, 5.41) is 21.9. The lowest BCUT2D eigenvalue weighted by molar-refractivity contribution is -0.135. The summed E-state index contributed by atoms with van der Waals surface area (Å²) in [6.45, 7) is 2.17. The highest BCUT2D eigenvalue weighted by Gasteiger charge is 1.87. The van der Waals surface area contributed by atoms with Crippen LogP contribution in [0.1, 0.15) is 20.3 Å². The van der Waals surface area contributed by atoms with E-state index in [2.05, 4.69) is 0 Å². The van der Waals surface area contributed by atoms with Crippen LogP contribution < -0.4 is 0 Å². The number of carbonyl (C=O) groups is 2. The smallest absolute Gasteiger partial charge is 0.300 e. The molecular weight excluding hydrogens is 198 g/mol. The zero-order chi connectivity index (χ0) is 12.3. The largest absolute Gasteiger partial charge is 0.481 e. The van der Waals surface area contributed by atoms with E-state index in [1.165, 1.54) is 0 Å². The van der Waals surface area contributed by atoms with Crippen LogP contribution in [0.5, 0.6) is 0 Å². The Morgan fingerprint density at radius 1 is 1.20 bits per heavy atom. The average Bonchev–Trinajstić information content (AvgIpc) is 2.03. The van der Waals surface area contributed by atoms with E-state index in [1.54, 1.807) is 6.08 Å². The van der Waals surface area contributed by atoms with E-state index in [9.17, 15) is 0 Å². The van der Waals surface area contributed by atoms with Crippen molar-refractivity contribution in [3.8, 4) is 0 Å². The molecule has 0 amide bonds. The van der Waals surface area contributed by atoms with E-state index in [-0.39, 0.29) is 0 Å². The van der Waals surface area contributed by atoms with Gasteiger partial charge in [-0.15, -0.1) is 0 Å². The fraction of sp³-hybridized carbons (Fsp3) is 0.300. The Balaban J connectivity index is 0. The molecule has 0 aromatic carbocycles. The summed E-state index contributed by atoms with van der Waals surface area (Å²) >= 11 is 0. The standard InChI is InChI=1S/C6H7N.2C2H4O2/c7-6-4-2-1-3-5-6;2*1-2(3)4/h1-4,7H,5H2;2*1H3,(H,3,4). The van der Waals surface area contributed by atoms with E-state index in [1.807, 2.05) is 18.2 Å². The van der Waals surface area contributed by atoms with Gasteiger partial charge in [0.2, 0.25) is 0 Å². The van der Waals surface area contributed by atoms with Crippen LogP contribution in [-0.4, -0.2) is 27.9 Å². The normalized spacial score (nSPS) is 11.7. The lowest BCUT2D eigenvalue weighted by Crippen LogP contribution is -1.89. The summed E-state index contributed by atoms with van der Waals surface area (Å²) < 4.78 is 0. The third-order valence-corrected chi connectivity index (χ3v) is 0.882. The molecule has 0 spiro atoms. The van der Waals surface area contributed by atoms with Gasteiger partial charge in [0.15, 0.2) is 0 Å². The van der Waals surface area contributed by atoms with Crippen molar-refractivity contribution in [2.45, 2.75) is 20.3 Å². The maximum absolute atomic E-state index is 9.00. The van der Waals surface area contributed by atoms with Crippen LogP contribution in [0.3, 0.4) is 0 Å². The predicted molar refractivity (Wildman–Crippen MR) is 57.2 cm³/mol. The molecule has 0 bridgehead atoms. The predicted octanol–water partition coefficient (Wildman–Crippen LogP) is 1.70. The summed E-state index contributed by atoms with van der Waals surface area (Å²) in [6, 6.07) is 0. The Morgan fingerprint density at radius 2 is 1.60 bits per heavy atom. The van der Waals surface area contributed by atoms with Gasteiger partial charge in [-0.05, 0) is 6.08 Å². The monoisotopic (exact) mass is 213 g/mol. The van der Waals surface area contributed by atoms with Crippen LogP contribution in [0.4, 0.5) is 0 Å². The average molecular weight is 213 g/mol. The molecule has 1 aliphatic rings. The minimum absolute atomic E-state index is 0.697.